The number of ether oxygens (including phenoxy) is 1. The molecule has 0 unspecified atom stereocenters. The maximum atomic E-state index is 12.9. The standard InChI is InChI=1S/C18H25F2N3O/c1-12(2)23-8-6-7-14-9-15(13(3)11-22(5)21-4)17(10-16(14)23)24-18(19)20/h9-12,18H,4,6-8H2,1-3,5H3/b13-11+. The van der Waals surface area contributed by atoms with Gasteiger partial charge in [-0.2, -0.15) is 13.9 Å². The highest BCUT2D eigenvalue weighted by molar-refractivity contribution is 5.74. The molecule has 1 aliphatic heterocycles. The molecule has 0 atom stereocenters. The first-order valence-electron chi connectivity index (χ1n) is 8.10. The molecule has 2 rings (SSSR count). The number of hydrazone groups is 1. The van der Waals surface area contributed by atoms with Gasteiger partial charge in [-0.25, -0.2) is 0 Å². The zero-order valence-electron chi connectivity index (χ0n) is 14.7. The van der Waals surface area contributed by atoms with Crippen molar-refractivity contribution in [1.82, 2.24) is 5.01 Å². The van der Waals surface area contributed by atoms with E-state index < -0.39 is 6.61 Å². The van der Waals surface area contributed by atoms with E-state index >= 15 is 0 Å². The minimum Gasteiger partial charge on any atom is -0.434 e. The summed E-state index contributed by atoms with van der Waals surface area (Å²) in [5.74, 6) is 0.197. The number of benzene rings is 1. The predicted octanol–water partition coefficient (Wildman–Crippen LogP) is 4.36. The van der Waals surface area contributed by atoms with Crippen LogP contribution in [0.25, 0.3) is 5.57 Å². The van der Waals surface area contributed by atoms with Crippen LogP contribution in [0.4, 0.5) is 14.5 Å². The number of halogens is 2. The van der Waals surface area contributed by atoms with Gasteiger partial charge in [-0.15, -0.1) is 0 Å². The van der Waals surface area contributed by atoms with Crippen molar-refractivity contribution in [2.75, 3.05) is 18.5 Å². The van der Waals surface area contributed by atoms with Crippen LogP contribution in [0.1, 0.15) is 38.3 Å². The van der Waals surface area contributed by atoms with Crippen molar-refractivity contribution >= 4 is 18.0 Å². The molecule has 0 N–H and O–H groups in total. The largest absolute Gasteiger partial charge is 0.434 e. The molecule has 0 fully saturated rings. The molecule has 0 saturated carbocycles. The Kier molecular flexibility index (Phi) is 5.80. The van der Waals surface area contributed by atoms with Gasteiger partial charge >= 0.3 is 6.61 Å². The molecule has 0 aliphatic carbocycles. The molecule has 1 aromatic rings. The van der Waals surface area contributed by atoms with Crippen molar-refractivity contribution in [1.29, 1.82) is 0 Å². The van der Waals surface area contributed by atoms with Crippen LogP contribution in [0.2, 0.25) is 0 Å². The average Bonchev–Trinajstić information content (AvgIpc) is 2.52. The van der Waals surface area contributed by atoms with E-state index in [1.54, 1.807) is 24.3 Å². The fourth-order valence-corrected chi connectivity index (χ4v) is 3.07. The van der Waals surface area contributed by atoms with Crippen LogP contribution in [0, 0.1) is 0 Å². The lowest BCUT2D eigenvalue weighted by Crippen LogP contribution is -2.35. The Balaban J connectivity index is 2.54. The highest BCUT2D eigenvalue weighted by Gasteiger charge is 2.23. The van der Waals surface area contributed by atoms with Gasteiger partial charge in [0.2, 0.25) is 0 Å². The van der Waals surface area contributed by atoms with Gasteiger partial charge in [-0.1, -0.05) is 0 Å². The number of hydrogen-bond acceptors (Lipinski definition) is 4. The summed E-state index contributed by atoms with van der Waals surface area (Å²) in [6.45, 7) is 7.58. The third kappa shape index (κ3) is 4.04. The fourth-order valence-electron chi connectivity index (χ4n) is 3.07. The maximum absolute atomic E-state index is 12.9. The maximum Gasteiger partial charge on any atom is 0.387 e. The predicted molar refractivity (Wildman–Crippen MR) is 94.8 cm³/mol. The monoisotopic (exact) mass is 337 g/mol. The third-order valence-corrected chi connectivity index (χ3v) is 4.20. The van der Waals surface area contributed by atoms with Gasteiger partial charge in [0.05, 0.1) is 0 Å². The van der Waals surface area contributed by atoms with Crippen molar-refractivity contribution in [2.24, 2.45) is 5.10 Å². The minimum atomic E-state index is -2.86. The van der Waals surface area contributed by atoms with E-state index in [2.05, 4.69) is 30.6 Å². The molecule has 4 nitrogen and oxygen atoms in total. The Morgan fingerprint density at radius 1 is 1.42 bits per heavy atom. The first kappa shape index (κ1) is 18.2. The molecule has 1 heterocycles. The van der Waals surface area contributed by atoms with E-state index in [0.29, 0.717) is 11.6 Å². The van der Waals surface area contributed by atoms with Crippen molar-refractivity contribution in [3.8, 4) is 5.75 Å². The van der Waals surface area contributed by atoms with Crippen LogP contribution in [-0.4, -0.2) is 38.0 Å². The zero-order valence-corrected chi connectivity index (χ0v) is 14.7. The molecular weight excluding hydrogens is 312 g/mol. The van der Waals surface area contributed by atoms with Crippen LogP contribution < -0.4 is 9.64 Å². The van der Waals surface area contributed by atoms with Crippen molar-refractivity contribution < 1.29 is 13.5 Å². The highest BCUT2D eigenvalue weighted by atomic mass is 19.3. The van der Waals surface area contributed by atoms with Gasteiger partial charge in [-0.3, -0.25) is 5.01 Å². The van der Waals surface area contributed by atoms with Crippen molar-refractivity contribution in [3.05, 3.63) is 29.5 Å². The SMILES string of the molecule is C=NN(C)/C=C(\C)c1cc2c(cc1OC(F)F)N(C(C)C)CCC2. The van der Waals surface area contributed by atoms with Crippen LogP contribution in [-0.2, 0) is 6.42 Å². The van der Waals surface area contributed by atoms with Gasteiger partial charge in [0.1, 0.15) is 5.75 Å². The van der Waals surface area contributed by atoms with Crippen molar-refractivity contribution in [2.45, 2.75) is 46.3 Å². The van der Waals surface area contributed by atoms with E-state index in [-0.39, 0.29) is 5.75 Å². The molecule has 0 saturated heterocycles. The summed E-state index contributed by atoms with van der Waals surface area (Å²) < 4.78 is 30.6. The molecule has 1 aliphatic rings. The van der Waals surface area contributed by atoms with E-state index in [1.807, 2.05) is 13.0 Å². The van der Waals surface area contributed by atoms with Gasteiger partial charge in [-0.05, 0) is 50.8 Å². The van der Waals surface area contributed by atoms with Crippen molar-refractivity contribution in [3.63, 3.8) is 0 Å². The molecule has 0 bridgehead atoms. The van der Waals surface area contributed by atoms with E-state index in [4.69, 9.17) is 4.74 Å². The molecule has 1 aromatic carbocycles. The molecule has 132 valence electrons. The Morgan fingerprint density at radius 2 is 2.12 bits per heavy atom. The molecule has 0 aromatic heterocycles. The van der Waals surface area contributed by atoms with E-state index in [0.717, 1.165) is 36.2 Å². The first-order valence-corrected chi connectivity index (χ1v) is 8.10. The number of fused-ring (bicyclic) bond motifs is 1. The quantitative estimate of drug-likeness (QED) is 0.570. The zero-order chi connectivity index (χ0) is 17.9. The molecule has 0 radical (unpaired) electrons. The number of rotatable bonds is 6. The van der Waals surface area contributed by atoms with Crippen LogP contribution in [0.15, 0.2) is 23.4 Å². The minimum absolute atomic E-state index is 0.197. The summed E-state index contributed by atoms with van der Waals surface area (Å²) in [4.78, 5) is 2.23. The second-order valence-electron chi connectivity index (χ2n) is 6.27. The first-order chi connectivity index (χ1) is 11.3. The van der Waals surface area contributed by atoms with Gasteiger partial charge in [0.15, 0.2) is 0 Å². The number of anilines is 1. The number of allylic oxidation sites excluding steroid dienone is 1. The average molecular weight is 337 g/mol. The summed E-state index contributed by atoms with van der Waals surface area (Å²) >= 11 is 0. The Morgan fingerprint density at radius 3 is 2.71 bits per heavy atom. The molecule has 24 heavy (non-hydrogen) atoms. The van der Waals surface area contributed by atoms with Gasteiger partial charge in [0, 0.05) is 49.9 Å². The second-order valence-corrected chi connectivity index (χ2v) is 6.27. The summed E-state index contributed by atoms with van der Waals surface area (Å²) in [5, 5.41) is 5.32. The highest BCUT2D eigenvalue weighted by Crippen LogP contribution is 2.38. The Hall–Kier alpha value is -2.11. The Labute approximate surface area is 142 Å². The number of alkyl halides is 2. The topological polar surface area (TPSA) is 28.1 Å². The lowest BCUT2D eigenvalue weighted by atomic mass is 9.95. The van der Waals surface area contributed by atoms with Gasteiger partial charge in [0.25, 0.3) is 0 Å². The molecule has 0 spiro atoms. The summed E-state index contributed by atoms with van der Waals surface area (Å²) in [6, 6.07) is 4.01. The molecular formula is C18H25F2N3O. The summed E-state index contributed by atoms with van der Waals surface area (Å²) in [6.07, 6.45) is 3.73. The Bertz CT molecular complexity index is 629. The number of hydrogen-bond donors (Lipinski definition) is 0. The lowest BCUT2D eigenvalue weighted by Gasteiger charge is -2.35. The molecule has 0 amide bonds. The fraction of sp³-hybridized carbons (Fsp3) is 0.500. The normalized spacial score (nSPS) is 14.8. The summed E-state index contributed by atoms with van der Waals surface area (Å²) in [5.41, 5.74) is 3.60. The van der Waals surface area contributed by atoms with Crippen LogP contribution in [0.3, 0.4) is 0 Å². The molecule has 6 heteroatoms. The van der Waals surface area contributed by atoms with Gasteiger partial charge < -0.3 is 9.64 Å². The van der Waals surface area contributed by atoms with Crippen LogP contribution >= 0.6 is 0 Å². The number of nitrogens with zero attached hydrogens (tertiary/aromatic N) is 3. The second kappa shape index (κ2) is 7.64. The summed E-state index contributed by atoms with van der Waals surface area (Å²) in [7, 11) is 1.74. The third-order valence-electron chi connectivity index (χ3n) is 4.20. The lowest BCUT2D eigenvalue weighted by molar-refractivity contribution is -0.0500. The van der Waals surface area contributed by atoms with Crippen LogP contribution in [0.5, 0.6) is 5.75 Å². The van der Waals surface area contributed by atoms with E-state index in [1.165, 1.54) is 0 Å². The number of aryl methyl sites for hydroxylation is 1. The smallest absolute Gasteiger partial charge is 0.387 e. The van der Waals surface area contributed by atoms with E-state index in [9.17, 15) is 8.78 Å².